The van der Waals surface area contributed by atoms with Crippen molar-refractivity contribution >= 4 is 43.3 Å². The van der Waals surface area contributed by atoms with Gasteiger partial charge in [0.25, 0.3) is 0 Å². The molecule has 3 rings (SSSR count). The molecule has 0 spiro atoms. The Morgan fingerprint density at radius 1 is 1.11 bits per heavy atom. The van der Waals surface area contributed by atoms with Gasteiger partial charge < -0.3 is 4.57 Å². The molecule has 3 aromatic rings. The van der Waals surface area contributed by atoms with E-state index in [9.17, 15) is 18.0 Å². The van der Waals surface area contributed by atoms with Crippen molar-refractivity contribution in [2.45, 2.75) is 18.2 Å². The van der Waals surface area contributed by atoms with Crippen LogP contribution in [0.25, 0.3) is 10.2 Å². The van der Waals surface area contributed by atoms with Crippen LogP contribution in [-0.4, -0.2) is 31.2 Å². The number of amides is 1. The van der Waals surface area contributed by atoms with E-state index >= 15 is 0 Å². The van der Waals surface area contributed by atoms with Crippen LogP contribution >= 0.6 is 11.3 Å². The Morgan fingerprint density at radius 2 is 1.79 bits per heavy atom. The summed E-state index contributed by atoms with van der Waals surface area (Å²) in [6.07, 6.45) is -0.0565. The van der Waals surface area contributed by atoms with Crippen molar-refractivity contribution in [3.63, 3.8) is 0 Å². The number of benzene rings is 2. The molecule has 2 aromatic carbocycles. The molecule has 1 heterocycles. The average molecular weight is 418 g/mol. The van der Waals surface area contributed by atoms with Crippen LogP contribution in [0.5, 0.6) is 0 Å². The van der Waals surface area contributed by atoms with E-state index in [1.165, 1.54) is 42.5 Å². The highest BCUT2D eigenvalue weighted by molar-refractivity contribution is 7.89. The topological polar surface area (TPSA) is 97.6 Å². The summed E-state index contributed by atoms with van der Waals surface area (Å²) in [6.45, 7) is 1.35. The fourth-order valence-electron chi connectivity index (χ4n) is 2.60. The first-order valence-electron chi connectivity index (χ1n) is 8.51. The van der Waals surface area contributed by atoms with Crippen molar-refractivity contribution in [2.24, 2.45) is 12.0 Å². The van der Waals surface area contributed by atoms with Gasteiger partial charge in [0.1, 0.15) is 0 Å². The molecule has 0 fully saturated rings. The molecule has 0 aliphatic rings. The Balaban J connectivity index is 1.65. The summed E-state index contributed by atoms with van der Waals surface area (Å²) in [5, 5.41) is 0. The van der Waals surface area contributed by atoms with Gasteiger partial charge in [-0.1, -0.05) is 35.6 Å². The van der Waals surface area contributed by atoms with Crippen molar-refractivity contribution in [1.82, 2.24) is 9.29 Å². The van der Waals surface area contributed by atoms with Crippen LogP contribution in [0, 0.1) is 0 Å². The number of aromatic nitrogens is 1. The van der Waals surface area contributed by atoms with Crippen molar-refractivity contribution in [3.8, 4) is 0 Å². The summed E-state index contributed by atoms with van der Waals surface area (Å²) >= 11 is 1.40. The largest absolute Gasteiger partial charge is 0.319 e. The number of thiazole rings is 1. The molecule has 0 aliphatic heterocycles. The summed E-state index contributed by atoms with van der Waals surface area (Å²) in [7, 11) is -1.93. The zero-order valence-corrected chi connectivity index (χ0v) is 17.0. The van der Waals surface area contributed by atoms with E-state index in [0.717, 1.165) is 10.2 Å². The number of hydrogen-bond acceptors (Lipinski definition) is 5. The van der Waals surface area contributed by atoms with E-state index in [4.69, 9.17) is 0 Å². The Morgan fingerprint density at radius 3 is 2.43 bits per heavy atom. The monoisotopic (exact) mass is 417 g/mol. The Hall–Kier alpha value is -2.62. The average Bonchev–Trinajstić information content (AvgIpc) is 2.97. The molecule has 0 bridgehead atoms. The van der Waals surface area contributed by atoms with E-state index in [-0.39, 0.29) is 23.6 Å². The molecule has 0 aliphatic carbocycles. The third-order valence-corrected chi connectivity index (χ3v) is 6.73. The lowest BCUT2D eigenvalue weighted by Gasteiger charge is -2.06. The number of nitrogens with one attached hydrogen (secondary N) is 1. The first-order valence-corrected chi connectivity index (χ1v) is 10.8. The smallest absolute Gasteiger partial charge is 0.249 e. The number of carbonyl (C=O) groups excluding carboxylic acids is 2. The molecule has 9 heteroatoms. The Bertz CT molecular complexity index is 1210. The molecule has 1 amide bonds. The number of ketones is 1. The number of rotatable bonds is 6. The normalized spacial score (nSPS) is 12.4. The van der Waals surface area contributed by atoms with Gasteiger partial charge in [0.15, 0.2) is 10.6 Å². The molecular weight excluding hydrogens is 398 g/mol. The molecule has 0 saturated carbocycles. The molecule has 0 atom stereocenters. The standard InChI is InChI=1S/C19H19N3O4S2/c1-13(23)14-7-9-15(10-8-14)28(25,26)20-12-11-18(24)21-19-22(2)16-5-3-4-6-17(16)27-19/h3-10,20H,11-12H2,1-2H3. The minimum absolute atomic E-state index is 0.0396. The Kier molecular flexibility index (Phi) is 5.87. The number of carbonyl (C=O) groups is 2. The third kappa shape index (κ3) is 4.44. The van der Waals surface area contributed by atoms with Crippen molar-refractivity contribution in [1.29, 1.82) is 0 Å². The number of para-hydroxylation sites is 1. The summed E-state index contributed by atoms with van der Waals surface area (Å²) < 4.78 is 29.8. The van der Waals surface area contributed by atoms with Crippen LogP contribution in [-0.2, 0) is 21.9 Å². The fourth-order valence-corrected chi connectivity index (χ4v) is 4.66. The van der Waals surface area contributed by atoms with Gasteiger partial charge in [0.2, 0.25) is 15.9 Å². The van der Waals surface area contributed by atoms with Crippen LogP contribution in [0.1, 0.15) is 23.7 Å². The lowest BCUT2D eigenvalue weighted by atomic mass is 10.2. The number of fused-ring (bicyclic) bond motifs is 1. The van der Waals surface area contributed by atoms with Crippen LogP contribution in [0.3, 0.4) is 0 Å². The number of hydrogen-bond donors (Lipinski definition) is 1. The van der Waals surface area contributed by atoms with E-state index in [1.807, 2.05) is 35.9 Å². The van der Waals surface area contributed by atoms with Crippen molar-refractivity contribution in [3.05, 3.63) is 58.9 Å². The van der Waals surface area contributed by atoms with Gasteiger partial charge in [-0.3, -0.25) is 9.59 Å². The van der Waals surface area contributed by atoms with E-state index in [1.54, 1.807) is 0 Å². The summed E-state index contributed by atoms with van der Waals surface area (Å²) in [5.41, 5.74) is 1.41. The highest BCUT2D eigenvalue weighted by Crippen LogP contribution is 2.15. The van der Waals surface area contributed by atoms with Gasteiger partial charge in [-0.25, -0.2) is 13.1 Å². The van der Waals surface area contributed by atoms with Gasteiger partial charge in [0, 0.05) is 25.6 Å². The first-order chi connectivity index (χ1) is 13.3. The summed E-state index contributed by atoms with van der Waals surface area (Å²) in [6, 6.07) is 13.4. The van der Waals surface area contributed by atoms with Gasteiger partial charge in [-0.2, -0.15) is 4.99 Å². The molecule has 1 N–H and O–H groups in total. The zero-order valence-electron chi connectivity index (χ0n) is 15.4. The van der Waals surface area contributed by atoms with Crippen LogP contribution in [0.15, 0.2) is 58.4 Å². The maximum atomic E-state index is 12.3. The maximum Gasteiger partial charge on any atom is 0.249 e. The van der Waals surface area contributed by atoms with Gasteiger partial charge >= 0.3 is 0 Å². The second kappa shape index (κ2) is 8.17. The fraction of sp³-hybridized carbons (Fsp3) is 0.211. The number of aryl methyl sites for hydroxylation is 1. The summed E-state index contributed by atoms with van der Waals surface area (Å²) in [5.74, 6) is -0.546. The van der Waals surface area contributed by atoms with Crippen LogP contribution < -0.4 is 9.52 Å². The number of sulfonamides is 1. The van der Waals surface area contributed by atoms with Crippen LogP contribution in [0.4, 0.5) is 0 Å². The van der Waals surface area contributed by atoms with E-state index in [2.05, 4.69) is 9.71 Å². The highest BCUT2D eigenvalue weighted by Gasteiger charge is 2.14. The third-order valence-electron chi connectivity index (χ3n) is 4.14. The van der Waals surface area contributed by atoms with E-state index < -0.39 is 15.9 Å². The molecule has 0 saturated heterocycles. The van der Waals surface area contributed by atoms with Crippen molar-refractivity contribution in [2.75, 3.05) is 6.54 Å². The predicted octanol–water partition coefficient (Wildman–Crippen LogP) is 2.24. The minimum Gasteiger partial charge on any atom is -0.319 e. The van der Waals surface area contributed by atoms with Gasteiger partial charge in [-0.05, 0) is 31.2 Å². The molecule has 146 valence electrons. The molecule has 0 unspecified atom stereocenters. The van der Waals surface area contributed by atoms with Crippen LogP contribution in [0.2, 0.25) is 0 Å². The quantitative estimate of drug-likeness (QED) is 0.622. The SMILES string of the molecule is CC(=O)c1ccc(S(=O)(=O)NCCC(=O)N=c2sc3ccccc3n2C)cc1. The molecular formula is C19H19N3O4S2. The predicted molar refractivity (Wildman–Crippen MR) is 108 cm³/mol. The van der Waals surface area contributed by atoms with Gasteiger partial charge in [-0.15, -0.1) is 0 Å². The first kappa shape index (κ1) is 20.1. The minimum atomic E-state index is -3.76. The molecule has 1 aromatic heterocycles. The zero-order chi connectivity index (χ0) is 20.3. The highest BCUT2D eigenvalue weighted by atomic mass is 32.2. The second-order valence-corrected chi connectivity index (χ2v) is 8.92. The van der Waals surface area contributed by atoms with Crippen molar-refractivity contribution < 1.29 is 18.0 Å². The second-order valence-electron chi connectivity index (χ2n) is 6.15. The molecule has 0 radical (unpaired) electrons. The number of Topliss-reactive ketones (excluding diaryl/α,β-unsaturated/α-hetero) is 1. The molecule has 28 heavy (non-hydrogen) atoms. The maximum absolute atomic E-state index is 12.3. The van der Waals surface area contributed by atoms with Gasteiger partial charge in [0.05, 0.1) is 15.1 Å². The number of nitrogens with zero attached hydrogens (tertiary/aromatic N) is 2. The lowest BCUT2D eigenvalue weighted by molar-refractivity contribution is -0.117. The Labute approximate surface area is 166 Å². The molecule has 7 nitrogen and oxygen atoms in total. The summed E-state index contributed by atoms with van der Waals surface area (Å²) in [4.78, 5) is 28.1. The lowest BCUT2D eigenvalue weighted by Crippen LogP contribution is -2.26. The van der Waals surface area contributed by atoms with E-state index in [0.29, 0.717) is 10.4 Å².